The van der Waals surface area contributed by atoms with Gasteiger partial charge in [0.05, 0.1) is 6.04 Å². The first-order valence-corrected chi connectivity index (χ1v) is 15.6. The van der Waals surface area contributed by atoms with Crippen molar-refractivity contribution in [2.75, 3.05) is 0 Å². The van der Waals surface area contributed by atoms with Crippen LogP contribution in [0.5, 0.6) is 0 Å². The van der Waals surface area contributed by atoms with Gasteiger partial charge in [0, 0.05) is 17.6 Å². The molecule has 3 heterocycles. The number of hydrogen-bond acceptors (Lipinski definition) is 3. The number of aromatic nitrogens is 1. The zero-order chi connectivity index (χ0) is 30.3. The highest BCUT2D eigenvalue weighted by atomic mass is 15.3. The number of pyridine rings is 1. The Morgan fingerprint density at radius 2 is 1.22 bits per heavy atom. The molecule has 6 aromatic rings. The van der Waals surface area contributed by atoms with Gasteiger partial charge in [0.25, 0.3) is 0 Å². The van der Waals surface area contributed by atoms with Crippen molar-refractivity contribution in [1.82, 2.24) is 9.88 Å². The summed E-state index contributed by atoms with van der Waals surface area (Å²) in [5, 5.41) is 2.50. The predicted octanol–water partition coefficient (Wildman–Crippen LogP) is 10.4. The third-order valence-electron chi connectivity index (χ3n) is 8.89. The molecule has 0 aliphatic carbocycles. The van der Waals surface area contributed by atoms with E-state index in [1.54, 1.807) is 0 Å². The molecule has 3 heteroatoms. The summed E-state index contributed by atoms with van der Waals surface area (Å²) in [6, 6.07) is 46.4. The first-order valence-electron chi connectivity index (χ1n) is 15.6. The van der Waals surface area contributed by atoms with E-state index in [4.69, 9.17) is 4.99 Å². The maximum atomic E-state index is 5.19. The second-order valence-electron chi connectivity index (χ2n) is 12.0. The lowest BCUT2D eigenvalue weighted by atomic mass is 9.89. The Kier molecular flexibility index (Phi) is 6.72. The Balaban J connectivity index is 1.29. The number of rotatable bonds is 5. The molecule has 0 spiro atoms. The summed E-state index contributed by atoms with van der Waals surface area (Å²) < 4.78 is 0. The number of aliphatic imine (C=N–C) groups is 1. The monoisotopic (exact) mass is 579 g/mol. The molecule has 0 saturated heterocycles. The van der Waals surface area contributed by atoms with E-state index in [9.17, 15) is 0 Å². The third-order valence-corrected chi connectivity index (χ3v) is 8.89. The summed E-state index contributed by atoms with van der Waals surface area (Å²) in [7, 11) is 0. The normalized spacial score (nSPS) is 17.0. The molecule has 2 unspecified atom stereocenters. The summed E-state index contributed by atoms with van der Waals surface area (Å²) in [6.07, 6.45) is 8.44. The lowest BCUT2D eigenvalue weighted by Gasteiger charge is -2.29. The Bertz CT molecular complexity index is 2130. The van der Waals surface area contributed by atoms with Gasteiger partial charge in [0.15, 0.2) is 0 Å². The second-order valence-corrected chi connectivity index (χ2v) is 12.0. The molecule has 216 valence electrons. The average Bonchev–Trinajstić information content (AvgIpc) is 3.48. The largest absolute Gasteiger partial charge is 0.323 e. The predicted molar refractivity (Wildman–Crippen MR) is 187 cm³/mol. The summed E-state index contributed by atoms with van der Waals surface area (Å²) in [5.74, 6) is 1.01. The molecule has 2 aliphatic rings. The number of aryl methyl sites for hydroxylation is 2. The van der Waals surface area contributed by atoms with E-state index in [2.05, 4.69) is 176 Å². The van der Waals surface area contributed by atoms with Crippen molar-refractivity contribution >= 4 is 16.6 Å². The molecule has 0 fully saturated rings. The highest BCUT2D eigenvalue weighted by molar-refractivity contribution is 5.99. The maximum Gasteiger partial charge on any atom is 0.128 e. The Morgan fingerprint density at radius 1 is 0.556 bits per heavy atom. The van der Waals surface area contributed by atoms with Crippen molar-refractivity contribution in [3.8, 4) is 33.4 Å². The number of allylic oxidation sites excluding steroid dienone is 2. The Morgan fingerprint density at radius 3 is 2.07 bits per heavy atom. The number of amidine groups is 1. The zero-order valence-corrected chi connectivity index (χ0v) is 25.4. The van der Waals surface area contributed by atoms with E-state index in [-0.39, 0.29) is 12.1 Å². The molecule has 1 aromatic heterocycles. The molecule has 5 aromatic carbocycles. The number of fused-ring (bicyclic) bond motifs is 2. The van der Waals surface area contributed by atoms with Crippen LogP contribution in [-0.2, 0) is 0 Å². The van der Waals surface area contributed by atoms with Crippen LogP contribution < -0.4 is 0 Å². The Labute approximate surface area is 264 Å². The van der Waals surface area contributed by atoms with Crippen molar-refractivity contribution in [3.05, 3.63) is 174 Å². The van der Waals surface area contributed by atoms with Gasteiger partial charge in [-0.3, -0.25) is 9.98 Å². The second kappa shape index (κ2) is 11.2. The van der Waals surface area contributed by atoms with Gasteiger partial charge in [-0.25, -0.2) is 0 Å². The third kappa shape index (κ3) is 5.07. The van der Waals surface area contributed by atoms with Gasteiger partial charge in [-0.05, 0) is 118 Å². The minimum Gasteiger partial charge on any atom is -0.323 e. The molecule has 0 saturated carbocycles. The highest BCUT2D eigenvalue weighted by Crippen LogP contribution is 2.44. The molecule has 8 rings (SSSR count). The molecule has 0 bridgehead atoms. The molecular formula is C42H33N3. The highest BCUT2D eigenvalue weighted by Gasteiger charge is 2.37. The lowest BCUT2D eigenvalue weighted by molar-refractivity contribution is 0.396. The maximum absolute atomic E-state index is 5.19. The van der Waals surface area contributed by atoms with E-state index in [0.29, 0.717) is 0 Å². The molecule has 0 amide bonds. The number of benzene rings is 5. The fraction of sp³-hybridized carbons (Fsp3) is 0.0952. The van der Waals surface area contributed by atoms with Gasteiger partial charge in [-0.2, -0.15) is 0 Å². The molecule has 3 nitrogen and oxygen atoms in total. The van der Waals surface area contributed by atoms with Crippen molar-refractivity contribution in [1.29, 1.82) is 0 Å². The number of hydrogen-bond donors (Lipinski definition) is 0. The minimum absolute atomic E-state index is 0.00389. The first kappa shape index (κ1) is 27.0. The van der Waals surface area contributed by atoms with Gasteiger partial charge in [-0.1, -0.05) is 97.1 Å². The molecule has 2 aliphatic heterocycles. The molecular weight excluding hydrogens is 546 g/mol. The van der Waals surface area contributed by atoms with Crippen molar-refractivity contribution in [3.63, 3.8) is 0 Å². The molecule has 45 heavy (non-hydrogen) atoms. The lowest BCUT2D eigenvalue weighted by Crippen LogP contribution is -2.26. The van der Waals surface area contributed by atoms with E-state index >= 15 is 0 Å². The minimum atomic E-state index is 0.00389. The molecule has 2 atom stereocenters. The van der Waals surface area contributed by atoms with E-state index in [0.717, 1.165) is 17.2 Å². The van der Waals surface area contributed by atoms with E-state index < -0.39 is 0 Å². The van der Waals surface area contributed by atoms with Crippen LogP contribution in [0.15, 0.2) is 157 Å². The van der Waals surface area contributed by atoms with Crippen LogP contribution in [-0.4, -0.2) is 15.7 Å². The van der Waals surface area contributed by atoms with Crippen molar-refractivity contribution < 1.29 is 0 Å². The van der Waals surface area contributed by atoms with Crippen LogP contribution in [0.4, 0.5) is 0 Å². The van der Waals surface area contributed by atoms with E-state index in [1.165, 1.54) is 55.3 Å². The Hall–Kier alpha value is -5.54. The van der Waals surface area contributed by atoms with E-state index in [1.807, 2.05) is 0 Å². The van der Waals surface area contributed by atoms with Gasteiger partial charge in [0.2, 0.25) is 0 Å². The van der Waals surface area contributed by atoms with Gasteiger partial charge < -0.3 is 4.90 Å². The fourth-order valence-corrected chi connectivity index (χ4v) is 6.90. The first-order chi connectivity index (χ1) is 22.1. The summed E-state index contributed by atoms with van der Waals surface area (Å²) in [5.41, 5.74) is 11.7. The summed E-state index contributed by atoms with van der Waals surface area (Å²) in [6.45, 7) is 4.14. The fourth-order valence-electron chi connectivity index (χ4n) is 6.90. The van der Waals surface area contributed by atoms with Gasteiger partial charge in [0.1, 0.15) is 11.9 Å². The van der Waals surface area contributed by atoms with Crippen LogP contribution in [0.2, 0.25) is 0 Å². The van der Waals surface area contributed by atoms with Crippen LogP contribution >= 0.6 is 0 Å². The van der Waals surface area contributed by atoms with Crippen molar-refractivity contribution in [2.45, 2.75) is 25.9 Å². The van der Waals surface area contributed by atoms with Gasteiger partial charge in [-0.15, -0.1) is 0 Å². The quantitative estimate of drug-likeness (QED) is 0.203. The number of nitrogens with zero attached hydrogens (tertiary/aromatic N) is 3. The smallest absolute Gasteiger partial charge is 0.128 e. The van der Waals surface area contributed by atoms with Crippen LogP contribution in [0.3, 0.4) is 0 Å². The molecule has 0 radical (unpaired) electrons. The standard InChI is InChI=1S/C42H33N3/c1-28-22-34(23-29(2)43-28)36-25-35(26-37(27-36)39-19-11-15-30-12-6-7-18-38(30)39)32-16-10-17-33(24-32)42-41(31-13-4-3-5-14-31)44-40-20-8-9-21-45(40)42/h3-27,41-42H,1-2H3. The molecule has 0 N–H and O–H groups in total. The SMILES string of the molecule is Cc1cc(-c2cc(-c3cccc(C4C(c5ccccc5)N=C5C=CC=CN54)c3)cc(-c3cccc4ccccc34)c2)cc(C)n1. The van der Waals surface area contributed by atoms with Crippen molar-refractivity contribution in [2.24, 2.45) is 4.99 Å². The topological polar surface area (TPSA) is 28.5 Å². The van der Waals surface area contributed by atoms with Crippen LogP contribution in [0.25, 0.3) is 44.2 Å². The summed E-state index contributed by atoms with van der Waals surface area (Å²) >= 11 is 0. The van der Waals surface area contributed by atoms with Crippen LogP contribution in [0, 0.1) is 13.8 Å². The average molecular weight is 580 g/mol. The zero-order valence-electron chi connectivity index (χ0n) is 25.4. The van der Waals surface area contributed by atoms with Crippen LogP contribution in [0.1, 0.15) is 34.6 Å². The summed E-state index contributed by atoms with van der Waals surface area (Å²) in [4.78, 5) is 12.2. The van der Waals surface area contributed by atoms with Gasteiger partial charge >= 0.3 is 0 Å².